The van der Waals surface area contributed by atoms with Crippen molar-refractivity contribution >= 4 is 0 Å². The lowest BCUT2D eigenvalue weighted by Crippen LogP contribution is -2.56. The van der Waals surface area contributed by atoms with Crippen LogP contribution in [0.25, 0.3) is 0 Å². The summed E-state index contributed by atoms with van der Waals surface area (Å²) < 4.78 is 0. The SMILES string of the molecule is CC(C)[C@@H](C)/C=C\[C@@H](C)[C@H]1CC[C@H]2[C@@H]3CC=C4C[C@@H](O)CC[C@]4(C)[C@H]3C[C@@H](O)[C@]12C. The van der Waals surface area contributed by atoms with E-state index in [1.807, 2.05) is 0 Å². The van der Waals surface area contributed by atoms with E-state index in [9.17, 15) is 10.2 Å². The van der Waals surface area contributed by atoms with Gasteiger partial charge in [-0.3, -0.25) is 0 Å². The summed E-state index contributed by atoms with van der Waals surface area (Å²) in [5.74, 6) is 4.34. The smallest absolute Gasteiger partial charge is 0.0602 e. The van der Waals surface area contributed by atoms with Crippen molar-refractivity contribution in [1.82, 2.24) is 0 Å². The fraction of sp³-hybridized carbons (Fsp3) is 0.857. The average Bonchev–Trinajstić information content (AvgIpc) is 3.06. The highest BCUT2D eigenvalue weighted by atomic mass is 16.3. The number of rotatable bonds is 4. The van der Waals surface area contributed by atoms with Crippen LogP contribution in [-0.2, 0) is 0 Å². The molecule has 0 aromatic heterocycles. The second-order valence-corrected chi connectivity index (χ2v) is 12.3. The molecule has 0 unspecified atom stereocenters. The molecule has 30 heavy (non-hydrogen) atoms. The molecule has 0 aromatic carbocycles. The van der Waals surface area contributed by atoms with Gasteiger partial charge in [0.1, 0.15) is 0 Å². The maximum absolute atomic E-state index is 11.6. The molecule has 0 radical (unpaired) electrons. The Labute approximate surface area is 185 Å². The Kier molecular flexibility index (Phi) is 6.08. The lowest BCUT2D eigenvalue weighted by Gasteiger charge is -2.60. The van der Waals surface area contributed by atoms with Gasteiger partial charge in [-0.05, 0) is 97.2 Å². The van der Waals surface area contributed by atoms with Crippen molar-refractivity contribution in [3.8, 4) is 0 Å². The first kappa shape index (κ1) is 22.6. The van der Waals surface area contributed by atoms with E-state index in [-0.39, 0.29) is 23.0 Å². The molecular weight excluding hydrogens is 368 g/mol. The van der Waals surface area contributed by atoms with Crippen LogP contribution < -0.4 is 0 Å². The summed E-state index contributed by atoms with van der Waals surface area (Å²) in [7, 11) is 0. The molecule has 170 valence electrons. The van der Waals surface area contributed by atoms with Crippen molar-refractivity contribution in [1.29, 1.82) is 0 Å². The van der Waals surface area contributed by atoms with Gasteiger partial charge >= 0.3 is 0 Å². The third-order valence-electron chi connectivity index (χ3n) is 10.7. The van der Waals surface area contributed by atoms with Crippen molar-refractivity contribution in [2.24, 2.45) is 52.3 Å². The molecule has 2 nitrogen and oxygen atoms in total. The Morgan fingerprint density at radius 1 is 1.00 bits per heavy atom. The summed E-state index contributed by atoms with van der Waals surface area (Å²) in [6.07, 6.45) is 14.6. The standard InChI is InChI=1S/C28H46O2/c1-17(2)18(3)7-8-19(4)23-11-12-24-22-10-9-20-15-21(29)13-14-27(20,5)25(22)16-26(30)28(23,24)6/h7-9,17-19,21-26,29-30H,10-16H2,1-6H3/b8-7-/t18-,19+,21-,22-,23+,24-,25-,26+,27-,28+/m0/s1. The minimum atomic E-state index is -0.197. The molecule has 4 aliphatic carbocycles. The highest BCUT2D eigenvalue weighted by Gasteiger charge is 2.62. The fourth-order valence-electron chi connectivity index (χ4n) is 8.21. The largest absolute Gasteiger partial charge is 0.393 e. The van der Waals surface area contributed by atoms with E-state index < -0.39 is 0 Å². The topological polar surface area (TPSA) is 40.5 Å². The van der Waals surface area contributed by atoms with Gasteiger partial charge in [-0.1, -0.05) is 65.3 Å². The lowest BCUT2D eigenvalue weighted by atomic mass is 9.46. The van der Waals surface area contributed by atoms with Gasteiger partial charge < -0.3 is 10.2 Å². The van der Waals surface area contributed by atoms with E-state index in [1.54, 1.807) is 0 Å². The van der Waals surface area contributed by atoms with Gasteiger partial charge in [0, 0.05) is 0 Å². The van der Waals surface area contributed by atoms with Gasteiger partial charge in [0.15, 0.2) is 0 Å². The number of hydrogen-bond acceptors (Lipinski definition) is 2. The van der Waals surface area contributed by atoms with Crippen LogP contribution in [0.4, 0.5) is 0 Å². The second-order valence-electron chi connectivity index (χ2n) is 12.3. The molecule has 0 bridgehead atoms. The Bertz CT molecular complexity index is 693. The zero-order valence-electron chi connectivity index (χ0n) is 20.3. The summed E-state index contributed by atoms with van der Waals surface area (Å²) in [6, 6.07) is 0. The van der Waals surface area contributed by atoms with Crippen LogP contribution in [-0.4, -0.2) is 22.4 Å². The molecule has 0 amide bonds. The number of aliphatic hydroxyl groups is 2. The van der Waals surface area contributed by atoms with Crippen molar-refractivity contribution < 1.29 is 10.2 Å². The van der Waals surface area contributed by atoms with Crippen molar-refractivity contribution in [3.05, 3.63) is 23.8 Å². The number of aliphatic hydroxyl groups excluding tert-OH is 2. The highest BCUT2D eigenvalue weighted by Crippen LogP contribution is 2.67. The highest BCUT2D eigenvalue weighted by molar-refractivity contribution is 5.26. The van der Waals surface area contributed by atoms with Crippen LogP contribution in [0.5, 0.6) is 0 Å². The molecule has 3 fully saturated rings. The Hall–Kier alpha value is -0.600. The van der Waals surface area contributed by atoms with E-state index in [0.717, 1.165) is 32.1 Å². The fourth-order valence-corrected chi connectivity index (χ4v) is 8.21. The molecule has 4 aliphatic rings. The van der Waals surface area contributed by atoms with Crippen molar-refractivity contribution in [2.45, 2.75) is 98.7 Å². The van der Waals surface area contributed by atoms with E-state index in [2.05, 4.69) is 59.8 Å². The quantitative estimate of drug-likeness (QED) is 0.524. The van der Waals surface area contributed by atoms with Gasteiger partial charge in [0.2, 0.25) is 0 Å². The molecular formula is C28H46O2. The third kappa shape index (κ3) is 3.45. The summed E-state index contributed by atoms with van der Waals surface area (Å²) in [6.45, 7) is 14.2. The first-order valence-electron chi connectivity index (χ1n) is 12.8. The molecule has 0 saturated heterocycles. The zero-order valence-corrected chi connectivity index (χ0v) is 20.3. The predicted octanol–water partition coefficient (Wildman–Crippen LogP) is 6.38. The molecule has 3 saturated carbocycles. The zero-order chi connectivity index (χ0) is 21.8. The molecule has 0 heterocycles. The maximum Gasteiger partial charge on any atom is 0.0602 e. The van der Waals surface area contributed by atoms with E-state index in [1.165, 1.54) is 18.4 Å². The Morgan fingerprint density at radius 3 is 2.43 bits per heavy atom. The summed E-state index contributed by atoms with van der Waals surface area (Å²) in [4.78, 5) is 0. The van der Waals surface area contributed by atoms with Crippen LogP contribution in [0.2, 0.25) is 0 Å². The van der Waals surface area contributed by atoms with Crippen LogP contribution >= 0.6 is 0 Å². The van der Waals surface area contributed by atoms with Crippen LogP contribution in [0, 0.1) is 52.3 Å². The first-order valence-corrected chi connectivity index (χ1v) is 12.8. The summed E-state index contributed by atoms with van der Waals surface area (Å²) >= 11 is 0. The van der Waals surface area contributed by atoms with Crippen LogP contribution in [0.3, 0.4) is 0 Å². The van der Waals surface area contributed by atoms with Gasteiger partial charge in [0.05, 0.1) is 12.2 Å². The monoisotopic (exact) mass is 414 g/mol. The second kappa shape index (κ2) is 8.07. The van der Waals surface area contributed by atoms with Crippen LogP contribution in [0.15, 0.2) is 23.8 Å². The minimum absolute atomic E-state index is 0.0435. The maximum atomic E-state index is 11.6. The third-order valence-corrected chi connectivity index (χ3v) is 10.7. The van der Waals surface area contributed by atoms with Gasteiger partial charge in [-0.25, -0.2) is 0 Å². The van der Waals surface area contributed by atoms with E-state index in [4.69, 9.17) is 0 Å². The van der Waals surface area contributed by atoms with Crippen molar-refractivity contribution in [2.75, 3.05) is 0 Å². The molecule has 2 heteroatoms. The van der Waals surface area contributed by atoms with Gasteiger partial charge in [0.25, 0.3) is 0 Å². The number of allylic oxidation sites excluding steroid dienone is 3. The van der Waals surface area contributed by atoms with Crippen molar-refractivity contribution in [3.63, 3.8) is 0 Å². The molecule has 4 rings (SSSR count). The molecule has 2 N–H and O–H groups in total. The minimum Gasteiger partial charge on any atom is -0.393 e. The molecule has 0 aliphatic heterocycles. The summed E-state index contributed by atoms with van der Waals surface area (Å²) in [5, 5.41) is 21.9. The summed E-state index contributed by atoms with van der Waals surface area (Å²) in [5.41, 5.74) is 1.73. The van der Waals surface area contributed by atoms with E-state index in [0.29, 0.717) is 41.4 Å². The number of hydrogen-bond donors (Lipinski definition) is 2. The van der Waals surface area contributed by atoms with E-state index >= 15 is 0 Å². The lowest BCUT2D eigenvalue weighted by molar-refractivity contribution is -0.133. The van der Waals surface area contributed by atoms with Crippen LogP contribution in [0.1, 0.15) is 86.5 Å². The first-order chi connectivity index (χ1) is 14.1. The Morgan fingerprint density at radius 2 is 1.73 bits per heavy atom. The number of fused-ring (bicyclic) bond motifs is 5. The normalized spacial score (nSPS) is 48.1. The predicted molar refractivity (Wildman–Crippen MR) is 125 cm³/mol. The molecule has 0 aromatic rings. The Balaban J connectivity index is 1.58. The molecule has 0 spiro atoms. The average molecular weight is 415 g/mol. The van der Waals surface area contributed by atoms with Gasteiger partial charge in [-0.2, -0.15) is 0 Å². The van der Waals surface area contributed by atoms with Gasteiger partial charge in [-0.15, -0.1) is 0 Å². The molecule has 10 atom stereocenters.